The molecule has 1 aromatic rings. The third-order valence-electron chi connectivity index (χ3n) is 1.89. The molecular formula is C7H7N3O2. The van der Waals surface area contributed by atoms with Gasteiger partial charge in [0.25, 0.3) is 5.56 Å². The molecule has 1 aromatic heterocycles. The van der Waals surface area contributed by atoms with Crippen LogP contribution in [0, 0.1) is 0 Å². The van der Waals surface area contributed by atoms with Gasteiger partial charge in [0.15, 0.2) is 0 Å². The van der Waals surface area contributed by atoms with Gasteiger partial charge in [0, 0.05) is 19.7 Å². The van der Waals surface area contributed by atoms with Crippen LogP contribution in [0.3, 0.4) is 0 Å². The summed E-state index contributed by atoms with van der Waals surface area (Å²) in [7, 11) is 1.44. The van der Waals surface area contributed by atoms with Crippen molar-refractivity contribution in [3.8, 4) is 0 Å². The standard InChI is InChI=1S/C7H7N3O2/c1-10-6(11)4-2-3-8-5(4)9-7(10)12/h3H,2H2,1H3,(H,9,12). The zero-order valence-electron chi connectivity index (χ0n) is 6.50. The fourth-order valence-electron chi connectivity index (χ4n) is 1.18. The van der Waals surface area contributed by atoms with Crippen LogP contribution in [0.25, 0.3) is 0 Å². The topological polar surface area (TPSA) is 67.2 Å². The predicted octanol–water partition coefficient (Wildman–Crippen LogP) is -0.668. The molecule has 1 N–H and O–H groups in total. The molecule has 0 saturated heterocycles. The highest BCUT2D eigenvalue weighted by Gasteiger charge is 2.13. The minimum Gasteiger partial charge on any atom is -0.291 e. The van der Waals surface area contributed by atoms with Crippen molar-refractivity contribution in [3.05, 3.63) is 26.4 Å². The first kappa shape index (κ1) is 7.02. The van der Waals surface area contributed by atoms with Gasteiger partial charge in [-0.25, -0.2) is 9.79 Å². The number of aromatic nitrogens is 2. The van der Waals surface area contributed by atoms with Gasteiger partial charge in [0.2, 0.25) is 0 Å². The summed E-state index contributed by atoms with van der Waals surface area (Å²) in [5, 5.41) is 0. The predicted molar refractivity (Wildman–Crippen MR) is 44.2 cm³/mol. The van der Waals surface area contributed by atoms with Crippen LogP contribution >= 0.6 is 0 Å². The number of hydrogen-bond donors (Lipinski definition) is 1. The molecule has 0 amide bonds. The van der Waals surface area contributed by atoms with Gasteiger partial charge < -0.3 is 0 Å². The van der Waals surface area contributed by atoms with Crippen molar-refractivity contribution in [3.63, 3.8) is 0 Å². The molecular weight excluding hydrogens is 158 g/mol. The first-order chi connectivity index (χ1) is 5.70. The van der Waals surface area contributed by atoms with E-state index in [1.54, 1.807) is 6.21 Å². The average Bonchev–Trinajstić information content (AvgIpc) is 2.48. The second-order valence-corrected chi connectivity index (χ2v) is 2.64. The van der Waals surface area contributed by atoms with E-state index in [4.69, 9.17) is 0 Å². The van der Waals surface area contributed by atoms with Crippen LogP contribution in [0.4, 0.5) is 5.82 Å². The fraction of sp³-hybridized carbons (Fsp3) is 0.286. The fourth-order valence-corrected chi connectivity index (χ4v) is 1.18. The van der Waals surface area contributed by atoms with E-state index >= 15 is 0 Å². The van der Waals surface area contributed by atoms with Gasteiger partial charge in [-0.3, -0.25) is 14.3 Å². The van der Waals surface area contributed by atoms with Crippen molar-refractivity contribution in [1.29, 1.82) is 0 Å². The van der Waals surface area contributed by atoms with Crippen molar-refractivity contribution in [2.45, 2.75) is 6.42 Å². The molecule has 0 saturated carbocycles. The molecule has 1 aliphatic heterocycles. The number of rotatable bonds is 0. The minimum atomic E-state index is -0.419. The van der Waals surface area contributed by atoms with E-state index in [0.717, 1.165) is 4.57 Å². The maximum atomic E-state index is 11.3. The Morgan fingerprint density at radius 3 is 3.08 bits per heavy atom. The molecule has 0 fully saturated rings. The average molecular weight is 165 g/mol. The number of H-pyrrole nitrogens is 1. The molecule has 1 aliphatic rings. The van der Waals surface area contributed by atoms with E-state index in [1.807, 2.05) is 0 Å². The largest absolute Gasteiger partial charge is 0.329 e. The van der Waals surface area contributed by atoms with Gasteiger partial charge >= 0.3 is 5.69 Å². The quantitative estimate of drug-likeness (QED) is 0.554. The van der Waals surface area contributed by atoms with Crippen LogP contribution in [0.15, 0.2) is 14.6 Å². The molecule has 5 nitrogen and oxygen atoms in total. The van der Waals surface area contributed by atoms with Crippen molar-refractivity contribution in [2.75, 3.05) is 0 Å². The van der Waals surface area contributed by atoms with Crippen LogP contribution in [-0.2, 0) is 13.5 Å². The molecule has 12 heavy (non-hydrogen) atoms. The summed E-state index contributed by atoms with van der Waals surface area (Å²) in [6.07, 6.45) is 2.13. The van der Waals surface area contributed by atoms with E-state index in [2.05, 4.69) is 9.98 Å². The van der Waals surface area contributed by atoms with Gasteiger partial charge in [0.1, 0.15) is 5.82 Å². The first-order valence-corrected chi connectivity index (χ1v) is 3.55. The van der Waals surface area contributed by atoms with Crippen molar-refractivity contribution in [1.82, 2.24) is 9.55 Å². The molecule has 0 spiro atoms. The molecule has 2 rings (SSSR count). The van der Waals surface area contributed by atoms with Crippen molar-refractivity contribution in [2.24, 2.45) is 12.0 Å². The molecule has 2 heterocycles. The number of nitrogens with one attached hydrogen (secondary N) is 1. The van der Waals surface area contributed by atoms with E-state index in [-0.39, 0.29) is 5.56 Å². The minimum absolute atomic E-state index is 0.258. The maximum Gasteiger partial charge on any atom is 0.329 e. The van der Waals surface area contributed by atoms with Gasteiger partial charge in [-0.2, -0.15) is 0 Å². The second kappa shape index (κ2) is 2.17. The lowest BCUT2D eigenvalue weighted by atomic mass is 10.3. The van der Waals surface area contributed by atoms with E-state index in [1.165, 1.54) is 7.05 Å². The van der Waals surface area contributed by atoms with Gasteiger partial charge in [-0.1, -0.05) is 0 Å². The monoisotopic (exact) mass is 165 g/mol. The number of aromatic amines is 1. The number of nitrogens with zero attached hydrogens (tertiary/aromatic N) is 2. The molecule has 0 atom stereocenters. The molecule has 5 heteroatoms. The van der Waals surface area contributed by atoms with Crippen LogP contribution in [0.1, 0.15) is 5.56 Å². The Kier molecular flexibility index (Phi) is 1.27. The van der Waals surface area contributed by atoms with Crippen LogP contribution in [0.2, 0.25) is 0 Å². The lowest BCUT2D eigenvalue weighted by Gasteiger charge is -1.98. The number of aliphatic imine (C=N–C) groups is 1. The first-order valence-electron chi connectivity index (χ1n) is 3.55. The van der Waals surface area contributed by atoms with E-state index in [0.29, 0.717) is 17.8 Å². The number of hydrogen-bond acceptors (Lipinski definition) is 3. The summed E-state index contributed by atoms with van der Waals surface area (Å²) < 4.78 is 1.05. The van der Waals surface area contributed by atoms with Gasteiger partial charge in [-0.15, -0.1) is 0 Å². The highest BCUT2D eigenvalue weighted by molar-refractivity contribution is 5.73. The Hall–Kier alpha value is -1.65. The van der Waals surface area contributed by atoms with Crippen molar-refractivity contribution >= 4 is 12.0 Å². The Morgan fingerprint density at radius 1 is 1.58 bits per heavy atom. The van der Waals surface area contributed by atoms with Gasteiger partial charge in [0.05, 0.1) is 5.56 Å². The third kappa shape index (κ3) is 0.761. The highest BCUT2D eigenvalue weighted by atomic mass is 16.2. The molecule has 0 radical (unpaired) electrons. The Bertz CT molecular complexity index is 467. The molecule has 0 aromatic carbocycles. The third-order valence-corrected chi connectivity index (χ3v) is 1.89. The summed E-state index contributed by atoms with van der Waals surface area (Å²) in [5.41, 5.74) is -0.110. The lowest BCUT2D eigenvalue weighted by molar-refractivity contribution is 0.767. The van der Waals surface area contributed by atoms with E-state index in [9.17, 15) is 9.59 Å². The van der Waals surface area contributed by atoms with Gasteiger partial charge in [-0.05, 0) is 0 Å². The zero-order chi connectivity index (χ0) is 8.72. The SMILES string of the molecule is Cn1c(=O)[nH]c2c(c1=O)CC=N2. The molecule has 62 valence electrons. The zero-order valence-corrected chi connectivity index (χ0v) is 6.50. The second-order valence-electron chi connectivity index (χ2n) is 2.64. The Morgan fingerprint density at radius 2 is 2.33 bits per heavy atom. The Balaban J connectivity index is 2.91. The van der Waals surface area contributed by atoms with Crippen molar-refractivity contribution < 1.29 is 0 Å². The van der Waals surface area contributed by atoms with Crippen LogP contribution < -0.4 is 11.2 Å². The molecule has 0 bridgehead atoms. The van der Waals surface area contributed by atoms with Crippen LogP contribution in [-0.4, -0.2) is 15.8 Å². The summed E-state index contributed by atoms with van der Waals surface area (Å²) in [5.74, 6) is 0.406. The summed E-state index contributed by atoms with van der Waals surface area (Å²) >= 11 is 0. The van der Waals surface area contributed by atoms with Crippen LogP contribution in [0.5, 0.6) is 0 Å². The summed E-state index contributed by atoms with van der Waals surface area (Å²) in [6.45, 7) is 0. The van der Waals surface area contributed by atoms with E-state index < -0.39 is 5.69 Å². The normalized spacial score (nSPS) is 13.4. The number of fused-ring (bicyclic) bond motifs is 1. The maximum absolute atomic E-state index is 11.3. The summed E-state index contributed by atoms with van der Waals surface area (Å²) in [6, 6.07) is 0. The summed E-state index contributed by atoms with van der Waals surface area (Å²) in [4.78, 5) is 28.8. The lowest BCUT2D eigenvalue weighted by Crippen LogP contribution is -2.33. The highest BCUT2D eigenvalue weighted by Crippen LogP contribution is 2.14. The smallest absolute Gasteiger partial charge is 0.291 e. The Labute approximate surface area is 67.4 Å². The molecule has 0 unspecified atom stereocenters. The molecule has 0 aliphatic carbocycles.